The molecule has 1 aromatic carbocycles. The van der Waals surface area contributed by atoms with E-state index in [0.29, 0.717) is 0 Å². The summed E-state index contributed by atoms with van der Waals surface area (Å²) in [6, 6.07) is 8.39. The summed E-state index contributed by atoms with van der Waals surface area (Å²) in [5.41, 5.74) is 2.51. The van der Waals surface area contributed by atoms with Gasteiger partial charge in [-0.25, -0.2) is 0 Å². The average molecular weight is 262 g/mol. The normalized spacial score (nSPS) is 13.0. The van der Waals surface area contributed by atoms with Gasteiger partial charge in [0.15, 0.2) is 0 Å². The maximum absolute atomic E-state index is 5.15. The van der Waals surface area contributed by atoms with Gasteiger partial charge in [-0.2, -0.15) is 0 Å². The van der Waals surface area contributed by atoms with Crippen molar-refractivity contribution in [1.82, 2.24) is 0 Å². The summed E-state index contributed by atoms with van der Waals surface area (Å²) in [6.45, 7) is 4.12. The summed E-state index contributed by atoms with van der Waals surface area (Å²) in [7, 11) is 0. The molecule has 0 heterocycles. The lowest BCUT2D eigenvalue weighted by atomic mass is 10.1. The van der Waals surface area contributed by atoms with Crippen LogP contribution in [0.15, 0.2) is 24.3 Å². The van der Waals surface area contributed by atoms with Crippen LogP contribution in [-0.4, -0.2) is 0 Å². The first-order chi connectivity index (χ1) is 5.24. The van der Waals surface area contributed by atoms with Crippen molar-refractivity contribution < 1.29 is 3.07 Å². The number of aryl methyl sites for hydroxylation is 1. The van der Waals surface area contributed by atoms with Gasteiger partial charge in [0.25, 0.3) is 0 Å². The molecule has 0 saturated carbocycles. The van der Waals surface area contributed by atoms with E-state index >= 15 is 0 Å². The number of benzene rings is 1. The molecule has 1 rings (SSSR count). The molecule has 0 amide bonds. The SMILES string of the molecule is Cc1ccc(C(C)OI)cc1. The van der Waals surface area contributed by atoms with E-state index in [-0.39, 0.29) is 6.10 Å². The summed E-state index contributed by atoms with van der Waals surface area (Å²) in [5, 5.41) is 0. The van der Waals surface area contributed by atoms with E-state index in [9.17, 15) is 0 Å². The summed E-state index contributed by atoms with van der Waals surface area (Å²) in [5.74, 6) is 0. The van der Waals surface area contributed by atoms with Crippen LogP contribution in [0, 0.1) is 6.92 Å². The zero-order valence-electron chi connectivity index (χ0n) is 6.67. The van der Waals surface area contributed by atoms with Crippen molar-refractivity contribution in [1.29, 1.82) is 0 Å². The van der Waals surface area contributed by atoms with Gasteiger partial charge >= 0.3 is 0 Å². The van der Waals surface area contributed by atoms with Gasteiger partial charge in [-0.3, -0.25) is 0 Å². The summed E-state index contributed by atoms with van der Waals surface area (Å²) < 4.78 is 5.15. The van der Waals surface area contributed by atoms with E-state index in [0.717, 1.165) is 0 Å². The lowest BCUT2D eigenvalue weighted by Gasteiger charge is -2.07. The standard InChI is InChI=1S/C9H11IO/c1-7-3-5-9(6-4-7)8(2)11-10/h3-6,8H,1-2H3. The predicted molar refractivity (Wildman–Crippen MR) is 54.7 cm³/mol. The topological polar surface area (TPSA) is 9.23 Å². The highest BCUT2D eigenvalue weighted by Gasteiger charge is 2.01. The van der Waals surface area contributed by atoms with Crippen molar-refractivity contribution in [3.05, 3.63) is 35.4 Å². The molecule has 0 N–H and O–H groups in total. The Labute approximate surface area is 81.5 Å². The number of halogens is 1. The van der Waals surface area contributed by atoms with Crippen LogP contribution in [0.2, 0.25) is 0 Å². The van der Waals surface area contributed by atoms with Gasteiger partial charge in [-0.15, -0.1) is 0 Å². The van der Waals surface area contributed by atoms with Gasteiger partial charge < -0.3 is 3.07 Å². The lowest BCUT2D eigenvalue weighted by molar-refractivity contribution is 0.318. The van der Waals surface area contributed by atoms with Crippen LogP contribution in [0.25, 0.3) is 0 Å². The molecule has 1 aromatic rings. The minimum atomic E-state index is 0.191. The van der Waals surface area contributed by atoms with E-state index in [2.05, 4.69) is 31.2 Å². The zero-order valence-corrected chi connectivity index (χ0v) is 8.83. The number of hydrogen-bond donors (Lipinski definition) is 0. The summed E-state index contributed by atoms with van der Waals surface area (Å²) in [6.07, 6.45) is 0.191. The molecule has 0 spiro atoms. The Morgan fingerprint density at radius 3 is 2.27 bits per heavy atom. The van der Waals surface area contributed by atoms with Gasteiger partial charge in [0.2, 0.25) is 0 Å². The Morgan fingerprint density at radius 2 is 1.82 bits per heavy atom. The Bertz CT molecular complexity index is 218. The maximum Gasteiger partial charge on any atom is 0.110 e. The highest BCUT2D eigenvalue weighted by atomic mass is 127. The summed E-state index contributed by atoms with van der Waals surface area (Å²) >= 11 is 1.93. The maximum atomic E-state index is 5.15. The minimum absolute atomic E-state index is 0.191. The Balaban J connectivity index is 2.81. The first kappa shape index (κ1) is 9.00. The van der Waals surface area contributed by atoms with Crippen LogP contribution >= 0.6 is 23.0 Å². The molecular formula is C9H11IO. The van der Waals surface area contributed by atoms with Crippen LogP contribution in [0.5, 0.6) is 0 Å². The van der Waals surface area contributed by atoms with Gasteiger partial charge in [0.05, 0.1) is 6.10 Å². The molecule has 0 bridgehead atoms. The number of rotatable bonds is 2. The third-order valence-corrected chi connectivity index (χ3v) is 2.44. The monoisotopic (exact) mass is 262 g/mol. The molecule has 11 heavy (non-hydrogen) atoms. The Hall–Kier alpha value is -0.0900. The average Bonchev–Trinajstić information content (AvgIpc) is 2.05. The third kappa shape index (κ3) is 2.45. The number of hydrogen-bond acceptors (Lipinski definition) is 1. The summed E-state index contributed by atoms with van der Waals surface area (Å²) in [4.78, 5) is 0. The highest BCUT2D eigenvalue weighted by Crippen LogP contribution is 2.19. The highest BCUT2D eigenvalue weighted by molar-refractivity contribution is 14.1. The zero-order chi connectivity index (χ0) is 8.27. The quantitative estimate of drug-likeness (QED) is 0.742. The van der Waals surface area contributed by atoms with Crippen molar-refractivity contribution >= 4 is 23.0 Å². The Morgan fingerprint density at radius 1 is 1.27 bits per heavy atom. The first-order valence-corrected chi connectivity index (χ1v) is 4.46. The van der Waals surface area contributed by atoms with Gasteiger partial charge in [-0.1, -0.05) is 29.8 Å². The molecule has 0 aliphatic rings. The second-order valence-electron chi connectivity index (χ2n) is 2.64. The molecule has 0 aromatic heterocycles. The van der Waals surface area contributed by atoms with Crippen molar-refractivity contribution in [3.8, 4) is 0 Å². The molecule has 0 aliphatic carbocycles. The second-order valence-corrected chi connectivity index (χ2v) is 3.15. The Kier molecular flexibility index (Phi) is 3.33. The predicted octanol–water partition coefficient (Wildman–Crippen LogP) is 3.42. The van der Waals surface area contributed by atoms with Gasteiger partial charge in [0, 0.05) is 0 Å². The fourth-order valence-electron chi connectivity index (χ4n) is 0.889. The third-order valence-electron chi connectivity index (χ3n) is 1.68. The van der Waals surface area contributed by atoms with Gasteiger partial charge in [-0.05, 0) is 19.4 Å². The lowest BCUT2D eigenvalue weighted by Crippen LogP contribution is -1.91. The van der Waals surface area contributed by atoms with Crippen LogP contribution in [0.3, 0.4) is 0 Å². The molecule has 60 valence electrons. The van der Waals surface area contributed by atoms with E-state index in [4.69, 9.17) is 3.07 Å². The minimum Gasteiger partial charge on any atom is -0.308 e. The fraction of sp³-hybridized carbons (Fsp3) is 0.333. The molecular weight excluding hydrogens is 251 g/mol. The van der Waals surface area contributed by atoms with Crippen molar-refractivity contribution in [2.24, 2.45) is 0 Å². The van der Waals surface area contributed by atoms with Crippen molar-refractivity contribution in [2.45, 2.75) is 20.0 Å². The van der Waals surface area contributed by atoms with E-state index in [1.807, 2.05) is 29.9 Å². The molecule has 0 saturated heterocycles. The van der Waals surface area contributed by atoms with Crippen molar-refractivity contribution in [3.63, 3.8) is 0 Å². The van der Waals surface area contributed by atoms with Crippen LogP contribution in [0.1, 0.15) is 24.2 Å². The molecule has 2 heteroatoms. The first-order valence-electron chi connectivity index (χ1n) is 3.58. The van der Waals surface area contributed by atoms with E-state index < -0.39 is 0 Å². The van der Waals surface area contributed by atoms with E-state index in [1.165, 1.54) is 11.1 Å². The van der Waals surface area contributed by atoms with Crippen molar-refractivity contribution in [2.75, 3.05) is 0 Å². The second kappa shape index (κ2) is 4.07. The van der Waals surface area contributed by atoms with Crippen LogP contribution < -0.4 is 0 Å². The largest absolute Gasteiger partial charge is 0.308 e. The molecule has 0 radical (unpaired) electrons. The van der Waals surface area contributed by atoms with E-state index in [1.54, 1.807) is 0 Å². The smallest absolute Gasteiger partial charge is 0.110 e. The molecule has 1 atom stereocenters. The van der Waals surface area contributed by atoms with Crippen LogP contribution in [-0.2, 0) is 3.07 Å². The van der Waals surface area contributed by atoms with Gasteiger partial charge in [0.1, 0.15) is 23.0 Å². The molecule has 0 fully saturated rings. The molecule has 0 aliphatic heterocycles. The van der Waals surface area contributed by atoms with Crippen LogP contribution in [0.4, 0.5) is 0 Å². The molecule has 1 unspecified atom stereocenters. The molecule has 1 nitrogen and oxygen atoms in total. The fourth-order valence-corrected chi connectivity index (χ4v) is 1.18.